The zero-order valence-corrected chi connectivity index (χ0v) is 10.4. The van der Waals surface area contributed by atoms with Crippen LogP contribution in [0.25, 0.3) is 0 Å². The molecule has 0 fully saturated rings. The zero-order valence-electron chi connectivity index (χ0n) is 7.84. The third kappa shape index (κ3) is 2.44. The summed E-state index contributed by atoms with van der Waals surface area (Å²) in [7, 11) is 1.00. The molecule has 0 saturated carbocycles. The molecule has 0 atom stereocenters. The van der Waals surface area contributed by atoms with Crippen LogP contribution in [0.15, 0.2) is 34.1 Å². The van der Waals surface area contributed by atoms with E-state index in [2.05, 4.69) is 11.7 Å². The van der Waals surface area contributed by atoms with E-state index in [9.17, 15) is 8.42 Å². The Morgan fingerprint density at radius 1 is 1.21 bits per heavy atom. The molecule has 0 bridgehead atoms. The van der Waals surface area contributed by atoms with Gasteiger partial charge in [-0.15, -0.1) is 11.7 Å². The fourth-order valence-corrected chi connectivity index (χ4v) is 2.41. The highest BCUT2D eigenvalue weighted by molar-refractivity contribution is 8.68. The summed E-state index contributed by atoms with van der Waals surface area (Å²) in [6.07, 6.45) is 0. The van der Waals surface area contributed by atoms with Crippen LogP contribution in [0.3, 0.4) is 0 Å². The number of hydrogen-bond acceptors (Lipinski definition) is 4. The van der Waals surface area contributed by atoms with Crippen LogP contribution in [0.2, 0.25) is 0 Å². The molecule has 0 spiro atoms. The molecule has 0 unspecified atom stereocenters. The topological polar surface area (TPSA) is 37.4 Å². The van der Waals surface area contributed by atoms with Gasteiger partial charge in [-0.1, -0.05) is 10.8 Å². The minimum absolute atomic E-state index is 0.300. The molecule has 1 rings (SSSR count). The van der Waals surface area contributed by atoms with Crippen molar-refractivity contribution in [3.8, 4) is 0 Å². The van der Waals surface area contributed by atoms with Crippen molar-refractivity contribution < 1.29 is 8.42 Å². The molecular formula is C8H11NO2S3. The number of benzene rings is 1. The number of sulfonamides is 1. The predicted octanol–water partition coefficient (Wildman–Crippen LogP) is 1.87. The Balaban J connectivity index is 3.10. The monoisotopic (exact) mass is 249 g/mol. The fraction of sp³-hybridized carbons (Fsp3) is 0.250. The van der Waals surface area contributed by atoms with Crippen molar-refractivity contribution in [3.05, 3.63) is 24.3 Å². The van der Waals surface area contributed by atoms with Crippen LogP contribution in [0.1, 0.15) is 0 Å². The average molecular weight is 249 g/mol. The van der Waals surface area contributed by atoms with E-state index in [1.807, 2.05) is 0 Å². The number of hydrogen-bond donors (Lipinski definition) is 1. The second kappa shape index (κ2) is 4.57. The third-order valence-electron chi connectivity index (χ3n) is 1.71. The highest BCUT2D eigenvalue weighted by Gasteiger charge is 2.16. The van der Waals surface area contributed by atoms with Crippen LogP contribution in [0.5, 0.6) is 0 Å². The molecule has 78 valence electrons. The lowest BCUT2D eigenvalue weighted by Gasteiger charge is -2.10. The van der Waals surface area contributed by atoms with Gasteiger partial charge in [0.2, 0.25) is 10.0 Å². The SMILES string of the molecule is CN(C)S(=O)(=O)c1ccc(SS)cc1. The Morgan fingerprint density at radius 3 is 2.07 bits per heavy atom. The molecule has 0 aliphatic rings. The first-order valence-electron chi connectivity index (χ1n) is 3.82. The Kier molecular flexibility index (Phi) is 3.88. The number of rotatable bonds is 3. The molecule has 0 aliphatic heterocycles. The van der Waals surface area contributed by atoms with E-state index in [0.29, 0.717) is 4.90 Å². The highest BCUT2D eigenvalue weighted by Crippen LogP contribution is 2.23. The molecule has 0 N–H and O–H groups in total. The van der Waals surface area contributed by atoms with E-state index in [1.54, 1.807) is 24.3 Å². The summed E-state index contributed by atoms with van der Waals surface area (Å²) in [5.41, 5.74) is 0. The maximum absolute atomic E-state index is 11.6. The predicted molar refractivity (Wildman–Crippen MR) is 62.2 cm³/mol. The average Bonchev–Trinajstić information content (AvgIpc) is 2.17. The van der Waals surface area contributed by atoms with Crippen LogP contribution >= 0.6 is 22.5 Å². The van der Waals surface area contributed by atoms with Crippen molar-refractivity contribution in [1.29, 1.82) is 0 Å². The maximum atomic E-state index is 11.6. The van der Waals surface area contributed by atoms with Crippen LogP contribution in [-0.4, -0.2) is 26.8 Å². The molecule has 1 aromatic rings. The summed E-state index contributed by atoms with van der Waals surface area (Å²) in [4.78, 5) is 1.22. The second-order valence-corrected chi connectivity index (χ2v) is 6.20. The molecule has 0 amide bonds. The second-order valence-electron chi connectivity index (χ2n) is 2.85. The van der Waals surface area contributed by atoms with Gasteiger partial charge < -0.3 is 0 Å². The number of nitrogens with zero attached hydrogens (tertiary/aromatic N) is 1. The van der Waals surface area contributed by atoms with Crippen molar-refractivity contribution in [2.45, 2.75) is 9.79 Å². The Bertz CT molecular complexity index is 397. The van der Waals surface area contributed by atoms with E-state index in [0.717, 1.165) is 4.90 Å². The van der Waals surface area contributed by atoms with Gasteiger partial charge in [-0.25, -0.2) is 12.7 Å². The van der Waals surface area contributed by atoms with E-state index < -0.39 is 10.0 Å². The number of thiol groups is 1. The van der Waals surface area contributed by atoms with Crippen molar-refractivity contribution in [1.82, 2.24) is 4.31 Å². The van der Waals surface area contributed by atoms with Crippen LogP contribution < -0.4 is 0 Å². The smallest absolute Gasteiger partial charge is 0.207 e. The van der Waals surface area contributed by atoms with Gasteiger partial charge in [0.25, 0.3) is 0 Å². The summed E-state index contributed by atoms with van der Waals surface area (Å²) < 4.78 is 24.5. The van der Waals surface area contributed by atoms with Crippen LogP contribution in [-0.2, 0) is 10.0 Å². The standard InChI is InChI=1S/C8H11NO2S3/c1-9(2)14(10,11)8-5-3-7(13-12)4-6-8/h3-6,12H,1-2H3. The Labute approximate surface area is 93.4 Å². The van der Waals surface area contributed by atoms with Crippen molar-refractivity contribution in [2.24, 2.45) is 0 Å². The molecule has 14 heavy (non-hydrogen) atoms. The van der Waals surface area contributed by atoms with Gasteiger partial charge in [-0.3, -0.25) is 0 Å². The summed E-state index contributed by atoms with van der Waals surface area (Å²) in [5.74, 6) is 0. The zero-order chi connectivity index (χ0) is 10.8. The van der Waals surface area contributed by atoms with E-state index >= 15 is 0 Å². The molecule has 0 aliphatic carbocycles. The molecule has 0 aromatic heterocycles. The molecule has 0 saturated heterocycles. The Hall–Kier alpha value is -0.170. The van der Waals surface area contributed by atoms with Gasteiger partial charge in [-0.2, -0.15) is 0 Å². The first-order valence-corrected chi connectivity index (χ1v) is 7.13. The summed E-state index contributed by atoms with van der Waals surface area (Å²) in [6, 6.07) is 6.61. The Morgan fingerprint density at radius 2 is 1.71 bits per heavy atom. The molecule has 0 radical (unpaired) electrons. The van der Waals surface area contributed by atoms with Gasteiger partial charge >= 0.3 is 0 Å². The summed E-state index contributed by atoms with van der Waals surface area (Å²) >= 11 is 4.01. The van der Waals surface area contributed by atoms with Crippen LogP contribution in [0.4, 0.5) is 0 Å². The van der Waals surface area contributed by atoms with E-state index in [1.165, 1.54) is 29.2 Å². The van der Waals surface area contributed by atoms with Gasteiger partial charge in [0.15, 0.2) is 0 Å². The lowest BCUT2D eigenvalue weighted by atomic mass is 10.4. The summed E-state index contributed by atoms with van der Waals surface area (Å²) in [5, 5.41) is 0. The molecular weight excluding hydrogens is 238 g/mol. The molecule has 3 nitrogen and oxygen atoms in total. The molecule has 6 heteroatoms. The van der Waals surface area contributed by atoms with Gasteiger partial charge in [-0.05, 0) is 24.3 Å². The lowest BCUT2D eigenvalue weighted by Crippen LogP contribution is -2.22. The first kappa shape index (κ1) is 11.9. The van der Waals surface area contributed by atoms with Gasteiger partial charge in [0, 0.05) is 19.0 Å². The van der Waals surface area contributed by atoms with E-state index in [4.69, 9.17) is 0 Å². The molecule has 1 aromatic carbocycles. The fourth-order valence-electron chi connectivity index (χ4n) is 0.883. The minimum Gasteiger partial charge on any atom is -0.207 e. The quantitative estimate of drug-likeness (QED) is 0.656. The van der Waals surface area contributed by atoms with Crippen LogP contribution in [0, 0.1) is 0 Å². The van der Waals surface area contributed by atoms with Gasteiger partial charge in [0.1, 0.15) is 0 Å². The minimum atomic E-state index is -3.30. The summed E-state index contributed by atoms with van der Waals surface area (Å²) in [6.45, 7) is 0. The first-order chi connectivity index (χ1) is 6.48. The maximum Gasteiger partial charge on any atom is 0.242 e. The van der Waals surface area contributed by atoms with Crippen molar-refractivity contribution in [2.75, 3.05) is 14.1 Å². The normalized spacial score (nSPS) is 12.0. The van der Waals surface area contributed by atoms with Gasteiger partial charge in [0.05, 0.1) is 4.90 Å². The highest BCUT2D eigenvalue weighted by atomic mass is 33.1. The van der Waals surface area contributed by atoms with Crippen molar-refractivity contribution in [3.63, 3.8) is 0 Å². The van der Waals surface area contributed by atoms with E-state index in [-0.39, 0.29) is 0 Å². The lowest BCUT2D eigenvalue weighted by molar-refractivity contribution is 0.520. The van der Waals surface area contributed by atoms with Crippen molar-refractivity contribution >= 4 is 32.5 Å². The molecule has 0 heterocycles. The third-order valence-corrected chi connectivity index (χ3v) is 4.65. The largest absolute Gasteiger partial charge is 0.242 e.